The van der Waals surface area contributed by atoms with Crippen LogP contribution in [0.2, 0.25) is 0 Å². The molecule has 2 heteroatoms. The minimum absolute atomic E-state index is 0.170. The van der Waals surface area contributed by atoms with Crippen LogP contribution in [0.3, 0.4) is 0 Å². The van der Waals surface area contributed by atoms with Crippen LogP contribution in [0.4, 0.5) is 4.39 Å². The predicted molar refractivity (Wildman–Crippen MR) is 47.2 cm³/mol. The first-order chi connectivity index (χ1) is 5.84. The second-order valence-electron chi connectivity index (χ2n) is 2.96. The van der Waals surface area contributed by atoms with Gasteiger partial charge in [-0.05, 0) is 23.3 Å². The lowest BCUT2D eigenvalue weighted by Gasteiger charge is -2.18. The van der Waals surface area contributed by atoms with Crippen molar-refractivity contribution in [3.63, 3.8) is 0 Å². The van der Waals surface area contributed by atoms with Crippen LogP contribution in [0.1, 0.15) is 5.56 Å². The maximum atomic E-state index is 12.7. The molecule has 0 atom stereocenters. The fourth-order valence-corrected chi connectivity index (χ4v) is 1.20. The van der Waals surface area contributed by atoms with Gasteiger partial charge in [0.15, 0.2) is 0 Å². The Bertz CT molecular complexity index is 311. The molecule has 0 saturated carbocycles. The summed E-state index contributed by atoms with van der Waals surface area (Å²) in [5.74, 6) is -0.170. The molecule has 1 aliphatic rings. The largest absolute Gasteiger partial charge is 0.309 e. The highest BCUT2D eigenvalue weighted by Crippen LogP contribution is 2.10. The van der Waals surface area contributed by atoms with Gasteiger partial charge < -0.3 is 5.32 Å². The summed E-state index contributed by atoms with van der Waals surface area (Å²) in [7, 11) is 0. The Kier molecular flexibility index (Phi) is 1.92. The Hall–Kier alpha value is -1.15. The Morgan fingerprint density at radius 1 is 1.33 bits per heavy atom. The predicted octanol–water partition coefficient (Wildman–Crippen LogP) is 1.81. The average Bonchev–Trinajstić information content (AvgIpc) is 1.97. The topological polar surface area (TPSA) is 12.0 Å². The summed E-state index contributed by atoms with van der Waals surface area (Å²) in [6.07, 6.45) is 2.03. The SMILES string of the molecule is Fc1cccc(C=C2CNC2)c1. The Balaban J connectivity index is 2.22. The molecule has 0 radical (unpaired) electrons. The van der Waals surface area contributed by atoms with Crippen LogP contribution in [0, 0.1) is 5.82 Å². The monoisotopic (exact) mass is 163 g/mol. The van der Waals surface area contributed by atoms with E-state index in [0.29, 0.717) is 0 Å². The Morgan fingerprint density at radius 3 is 2.75 bits per heavy atom. The summed E-state index contributed by atoms with van der Waals surface area (Å²) in [6.45, 7) is 1.88. The second-order valence-corrected chi connectivity index (χ2v) is 2.96. The van der Waals surface area contributed by atoms with Gasteiger partial charge in [0.25, 0.3) is 0 Å². The van der Waals surface area contributed by atoms with Gasteiger partial charge in [-0.25, -0.2) is 4.39 Å². The number of benzene rings is 1. The van der Waals surface area contributed by atoms with E-state index >= 15 is 0 Å². The van der Waals surface area contributed by atoms with Crippen molar-refractivity contribution in [2.45, 2.75) is 0 Å². The van der Waals surface area contributed by atoms with Crippen molar-refractivity contribution in [1.82, 2.24) is 5.32 Å². The molecule has 0 spiro atoms. The van der Waals surface area contributed by atoms with Crippen molar-refractivity contribution in [1.29, 1.82) is 0 Å². The standard InChI is InChI=1S/C10H10FN/c11-10-3-1-2-8(5-10)4-9-6-12-7-9/h1-5,12H,6-7H2. The molecular formula is C10H10FN. The molecule has 62 valence electrons. The second kappa shape index (κ2) is 3.07. The number of hydrogen-bond donors (Lipinski definition) is 1. The lowest BCUT2D eigenvalue weighted by molar-refractivity contribution is 0.627. The van der Waals surface area contributed by atoms with Crippen molar-refractivity contribution in [2.75, 3.05) is 13.1 Å². The van der Waals surface area contributed by atoms with E-state index in [1.165, 1.54) is 11.6 Å². The van der Waals surface area contributed by atoms with Gasteiger partial charge in [-0.15, -0.1) is 0 Å². The lowest BCUT2D eigenvalue weighted by Crippen LogP contribution is -2.33. The molecule has 2 rings (SSSR count). The minimum Gasteiger partial charge on any atom is -0.309 e. The maximum Gasteiger partial charge on any atom is 0.123 e. The molecule has 0 amide bonds. The van der Waals surface area contributed by atoms with E-state index in [-0.39, 0.29) is 5.82 Å². The molecule has 1 fully saturated rings. The summed E-state index contributed by atoms with van der Waals surface area (Å²) in [5.41, 5.74) is 2.28. The highest BCUT2D eigenvalue weighted by Gasteiger charge is 2.06. The van der Waals surface area contributed by atoms with Crippen LogP contribution < -0.4 is 5.32 Å². The Morgan fingerprint density at radius 2 is 2.17 bits per heavy atom. The minimum atomic E-state index is -0.170. The zero-order valence-corrected chi connectivity index (χ0v) is 6.68. The van der Waals surface area contributed by atoms with Gasteiger partial charge in [0.05, 0.1) is 0 Å². The molecule has 1 aliphatic heterocycles. The van der Waals surface area contributed by atoms with E-state index in [9.17, 15) is 4.39 Å². The van der Waals surface area contributed by atoms with Gasteiger partial charge in [-0.3, -0.25) is 0 Å². The number of hydrogen-bond acceptors (Lipinski definition) is 1. The van der Waals surface area contributed by atoms with E-state index in [1.807, 2.05) is 12.1 Å². The van der Waals surface area contributed by atoms with E-state index in [2.05, 4.69) is 5.32 Å². The van der Waals surface area contributed by atoms with Gasteiger partial charge in [0.1, 0.15) is 5.82 Å². The van der Waals surface area contributed by atoms with Crippen LogP contribution in [0.25, 0.3) is 6.08 Å². The zero-order chi connectivity index (χ0) is 8.39. The first kappa shape index (κ1) is 7.50. The molecule has 0 bridgehead atoms. The zero-order valence-electron chi connectivity index (χ0n) is 6.68. The van der Waals surface area contributed by atoms with Crippen molar-refractivity contribution >= 4 is 6.08 Å². The third kappa shape index (κ3) is 1.53. The normalized spacial score (nSPS) is 15.6. The van der Waals surface area contributed by atoms with Gasteiger partial charge in [-0.1, -0.05) is 18.2 Å². The van der Waals surface area contributed by atoms with Gasteiger partial charge in [-0.2, -0.15) is 0 Å². The van der Waals surface area contributed by atoms with Crippen LogP contribution in [-0.2, 0) is 0 Å². The molecular weight excluding hydrogens is 153 g/mol. The summed E-state index contributed by atoms with van der Waals surface area (Å²) in [6, 6.07) is 6.65. The fraction of sp³-hybridized carbons (Fsp3) is 0.200. The van der Waals surface area contributed by atoms with E-state index in [4.69, 9.17) is 0 Å². The van der Waals surface area contributed by atoms with Gasteiger partial charge in [0.2, 0.25) is 0 Å². The molecule has 0 aromatic heterocycles. The molecule has 1 nitrogen and oxygen atoms in total. The number of halogens is 1. The summed E-state index contributed by atoms with van der Waals surface area (Å²) in [5, 5.41) is 3.13. The highest BCUT2D eigenvalue weighted by molar-refractivity contribution is 5.55. The van der Waals surface area contributed by atoms with Crippen LogP contribution in [0.5, 0.6) is 0 Å². The maximum absolute atomic E-state index is 12.7. The van der Waals surface area contributed by atoms with E-state index in [0.717, 1.165) is 18.7 Å². The third-order valence-electron chi connectivity index (χ3n) is 1.92. The quantitative estimate of drug-likeness (QED) is 0.665. The van der Waals surface area contributed by atoms with Crippen molar-refractivity contribution < 1.29 is 4.39 Å². The molecule has 1 aromatic rings. The molecule has 1 saturated heterocycles. The van der Waals surface area contributed by atoms with Crippen molar-refractivity contribution in [3.8, 4) is 0 Å². The molecule has 12 heavy (non-hydrogen) atoms. The first-order valence-electron chi connectivity index (χ1n) is 4.00. The van der Waals surface area contributed by atoms with Crippen molar-refractivity contribution in [2.24, 2.45) is 0 Å². The molecule has 0 unspecified atom stereocenters. The summed E-state index contributed by atoms with van der Waals surface area (Å²) < 4.78 is 12.7. The fourth-order valence-electron chi connectivity index (χ4n) is 1.20. The summed E-state index contributed by atoms with van der Waals surface area (Å²) in [4.78, 5) is 0. The summed E-state index contributed by atoms with van der Waals surface area (Å²) >= 11 is 0. The van der Waals surface area contributed by atoms with Crippen LogP contribution >= 0.6 is 0 Å². The Labute approximate surface area is 70.9 Å². The molecule has 1 aromatic carbocycles. The molecule has 0 aliphatic carbocycles. The van der Waals surface area contributed by atoms with Crippen LogP contribution in [-0.4, -0.2) is 13.1 Å². The number of nitrogens with one attached hydrogen (secondary N) is 1. The van der Waals surface area contributed by atoms with Gasteiger partial charge in [0, 0.05) is 13.1 Å². The smallest absolute Gasteiger partial charge is 0.123 e. The lowest BCUT2D eigenvalue weighted by atomic mass is 10.1. The van der Waals surface area contributed by atoms with Crippen LogP contribution in [0.15, 0.2) is 29.8 Å². The molecule has 1 heterocycles. The van der Waals surface area contributed by atoms with Crippen molar-refractivity contribution in [3.05, 3.63) is 41.2 Å². The molecule has 1 N–H and O–H groups in total. The first-order valence-corrected chi connectivity index (χ1v) is 4.00. The van der Waals surface area contributed by atoms with Gasteiger partial charge >= 0.3 is 0 Å². The van der Waals surface area contributed by atoms with E-state index in [1.54, 1.807) is 12.1 Å². The highest BCUT2D eigenvalue weighted by atomic mass is 19.1. The van der Waals surface area contributed by atoms with E-state index < -0.39 is 0 Å². The number of rotatable bonds is 1. The third-order valence-corrected chi connectivity index (χ3v) is 1.92. The average molecular weight is 163 g/mol.